The molecule has 0 bridgehead atoms. The molecule has 0 saturated carbocycles. The third-order valence-corrected chi connectivity index (χ3v) is 7.94. The van der Waals surface area contributed by atoms with Crippen LogP contribution in [0, 0.1) is 48.7 Å². The molecular weight excluding hydrogens is 399 g/mol. The van der Waals surface area contributed by atoms with E-state index in [1.54, 1.807) is 14.2 Å². The van der Waals surface area contributed by atoms with Crippen molar-refractivity contribution in [2.24, 2.45) is 0 Å². The van der Waals surface area contributed by atoms with Gasteiger partial charge in [0, 0.05) is 0 Å². The molecule has 0 atom stereocenters. The summed E-state index contributed by atoms with van der Waals surface area (Å²) < 4.78 is 14.1. The Bertz CT molecular complexity index is 685. The monoisotopic (exact) mass is 425 g/mol. The average molecular weight is 425 g/mol. The Kier molecular flexibility index (Phi) is 5.61. The molecule has 0 aromatic heterocycles. The van der Waals surface area contributed by atoms with Crippen molar-refractivity contribution in [2.45, 2.75) is 41.5 Å². The first-order valence-corrected chi connectivity index (χ1v) is 9.91. The minimum absolute atomic E-state index is 0.229. The second-order valence-electron chi connectivity index (χ2n) is 6.01. The summed E-state index contributed by atoms with van der Waals surface area (Å²) in [6.45, 7) is 13.0. The first-order valence-electron chi connectivity index (χ1n) is 7.76. The number of hydrogen-bond acceptors (Lipinski definition) is 2. The van der Waals surface area contributed by atoms with Crippen LogP contribution in [0.5, 0.6) is 11.5 Å². The molecule has 0 amide bonds. The molecule has 0 unspecified atom stereocenters. The van der Waals surface area contributed by atoms with Crippen molar-refractivity contribution in [3.63, 3.8) is 0 Å². The molecule has 3 heteroatoms. The van der Waals surface area contributed by atoms with Gasteiger partial charge in [-0.15, -0.1) is 0 Å². The van der Waals surface area contributed by atoms with Crippen molar-refractivity contribution in [3.05, 3.63) is 52.7 Å². The molecule has 126 valence electrons. The molecule has 2 aromatic rings. The van der Waals surface area contributed by atoms with Crippen LogP contribution in [0.15, 0.2) is 12.1 Å². The van der Waals surface area contributed by atoms with Crippen molar-refractivity contribution in [1.29, 1.82) is 0 Å². The minimum atomic E-state index is -0.229. The quantitative estimate of drug-likeness (QED) is 0.695. The number of methoxy groups -OCH3 is 2. The Balaban J connectivity index is 2.53. The fourth-order valence-electron chi connectivity index (χ4n) is 2.95. The van der Waals surface area contributed by atoms with Gasteiger partial charge < -0.3 is 0 Å². The number of rotatable bonds is 4. The molecule has 2 aromatic carbocycles. The Morgan fingerprint density at radius 2 is 0.957 bits per heavy atom. The van der Waals surface area contributed by atoms with E-state index in [0.29, 0.717) is 0 Å². The molecule has 0 aliphatic carbocycles. The molecule has 23 heavy (non-hydrogen) atoms. The van der Waals surface area contributed by atoms with Crippen molar-refractivity contribution < 1.29 is 30.7 Å². The van der Waals surface area contributed by atoms with Gasteiger partial charge in [-0.25, -0.2) is 0 Å². The van der Waals surface area contributed by atoms with E-state index in [0.717, 1.165) is 11.5 Å². The van der Waals surface area contributed by atoms with Crippen molar-refractivity contribution >= 4 is 0 Å². The van der Waals surface area contributed by atoms with Gasteiger partial charge in [0.15, 0.2) is 0 Å². The Morgan fingerprint density at radius 1 is 0.609 bits per heavy atom. The third-order valence-electron chi connectivity index (χ3n) is 4.54. The Hall–Kier alpha value is -1.23. The van der Waals surface area contributed by atoms with Crippen LogP contribution >= 0.6 is 0 Å². The number of halogens is 1. The van der Waals surface area contributed by atoms with Crippen LogP contribution in [0.3, 0.4) is 0 Å². The van der Waals surface area contributed by atoms with Gasteiger partial charge in [-0.1, -0.05) is 0 Å². The average Bonchev–Trinajstić information content (AvgIpc) is 2.50. The van der Waals surface area contributed by atoms with Gasteiger partial charge in [-0.2, -0.15) is 0 Å². The summed E-state index contributed by atoms with van der Waals surface area (Å²) in [7, 11) is 3.51. The fraction of sp³-hybridized carbons (Fsp3) is 0.400. The first kappa shape index (κ1) is 18.1. The summed E-state index contributed by atoms with van der Waals surface area (Å²) in [4.78, 5) is 0. The SMILES string of the molecule is COc1c(C)cc([I-]c2cc(C)c(OC)c(C)c2C)c(C)c1C. The van der Waals surface area contributed by atoms with Crippen molar-refractivity contribution in [1.82, 2.24) is 0 Å². The van der Waals surface area contributed by atoms with E-state index in [-0.39, 0.29) is 21.2 Å². The summed E-state index contributed by atoms with van der Waals surface area (Å²) in [5.41, 5.74) is 7.72. The summed E-state index contributed by atoms with van der Waals surface area (Å²) in [6.07, 6.45) is 0. The maximum absolute atomic E-state index is 5.55. The van der Waals surface area contributed by atoms with Gasteiger partial charge in [-0.05, 0) is 0 Å². The van der Waals surface area contributed by atoms with Crippen molar-refractivity contribution in [3.8, 4) is 11.5 Å². The summed E-state index contributed by atoms with van der Waals surface area (Å²) in [6, 6.07) is 4.62. The van der Waals surface area contributed by atoms with Crippen LogP contribution in [-0.4, -0.2) is 14.2 Å². The summed E-state index contributed by atoms with van der Waals surface area (Å²) >= 11 is -0.229. The van der Waals surface area contributed by atoms with Crippen molar-refractivity contribution in [2.75, 3.05) is 14.2 Å². The zero-order valence-electron chi connectivity index (χ0n) is 15.3. The van der Waals surface area contributed by atoms with Crippen LogP contribution < -0.4 is 30.7 Å². The van der Waals surface area contributed by atoms with Gasteiger partial charge in [0.05, 0.1) is 0 Å². The van der Waals surface area contributed by atoms with E-state index in [2.05, 4.69) is 53.7 Å². The zero-order chi connectivity index (χ0) is 17.3. The van der Waals surface area contributed by atoms with E-state index in [4.69, 9.17) is 9.47 Å². The Labute approximate surface area is 150 Å². The van der Waals surface area contributed by atoms with E-state index in [9.17, 15) is 0 Å². The zero-order valence-corrected chi connectivity index (χ0v) is 17.5. The number of ether oxygens (including phenoxy) is 2. The molecule has 2 nitrogen and oxygen atoms in total. The molecule has 0 fully saturated rings. The summed E-state index contributed by atoms with van der Waals surface area (Å²) in [5, 5.41) is 0. The number of benzene rings is 2. The molecular formula is C20H26IO2-. The molecule has 0 aliphatic rings. The van der Waals surface area contributed by atoms with E-state index >= 15 is 0 Å². The van der Waals surface area contributed by atoms with E-state index < -0.39 is 0 Å². The fourth-order valence-corrected chi connectivity index (χ4v) is 6.44. The van der Waals surface area contributed by atoms with Gasteiger partial charge in [0.1, 0.15) is 0 Å². The molecule has 0 aliphatic heterocycles. The van der Waals surface area contributed by atoms with Crippen LogP contribution in [0.1, 0.15) is 33.4 Å². The van der Waals surface area contributed by atoms with Gasteiger partial charge in [0.2, 0.25) is 0 Å². The normalized spacial score (nSPS) is 11.0. The molecule has 2 rings (SSSR count). The maximum atomic E-state index is 5.55. The van der Waals surface area contributed by atoms with Gasteiger partial charge >= 0.3 is 151 Å². The molecule has 0 heterocycles. The second-order valence-corrected chi connectivity index (χ2v) is 8.88. The van der Waals surface area contributed by atoms with Crippen LogP contribution in [0.2, 0.25) is 0 Å². The van der Waals surface area contributed by atoms with Crippen LogP contribution in [0.25, 0.3) is 0 Å². The standard InChI is InChI=1S/C20H26IO2/c1-11-9-17(13(3)15(5)19(11)22-7)21-18-10-12(2)20(23-8)16(6)14(18)4/h9-10H,1-8H3/q-1. The Morgan fingerprint density at radius 3 is 1.26 bits per heavy atom. The number of hydrogen-bond donors (Lipinski definition) is 0. The third kappa shape index (κ3) is 3.35. The van der Waals surface area contributed by atoms with Gasteiger partial charge in [0.25, 0.3) is 0 Å². The van der Waals surface area contributed by atoms with Crippen LogP contribution in [0.4, 0.5) is 0 Å². The summed E-state index contributed by atoms with van der Waals surface area (Å²) in [5.74, 6) is 2.04. The number of aryl methyl sites for hydroxylation is 2. The molecule has 0 saturated heterocycles. The second kappa shape index (κ2) is 7.12. The predicted molar refractivity (Wildman–Crippen MR) is 91.8 cm³/mol. The predicted octanol–water partition coefficient (Wildman–Crippen LogP) is 1.68. The topological polar surface area (TPSA) is 18.5 Å². The molecule has 0 spiro atoms. The van der Waals surface area contributed by atoms with Crippen LogP contribution in [-0.2, 0) is 0 Å². The van der Waals surface area contributed by atoms with E-state index in [1.807, 2.05) is 0 Å². The van der Waals surface area contributed by atoms with E-state index in [1.165, 1.54) is 40.5 Å². The first-order chi connectivity index (χ1) is 10.8. The molecule has 0 radical (unpaired) electrons. The molecule has 0 N–H and O–H groups in total. The van der Waals surface area contributed by atoms with Gasteiger partial charge in [-0.3, -0.25) is 0 Å².